The highest BCUT2D eigenvalue weighted by Gasteiger charge is 1.94. The average Bonchev–Trinajstić information content (AvgIpc) is 2.28. The lowest BCUT2D eigenvalue weighted by Crippen LogP contribution is -2.38. The second-order valence-electron chi connectivity index (χ2n) is 2.85. The topological polar surface area (TPSA) is 83.0 Å². The number of nitrogens with one attached hydrogen (secondary N) is 2. The van der Waals surface area contributed by atoms with Gasteiger partial charge >= 0.3 is 0 Å². The number of ether oxygens (including phenoxy) is 2. The lowest BCUT2D eigenvalue weighted by Gasteiger charge is -2.10. The highest BCUT2D eigenvalue weighted by molar-refractivity contribution is 7.80. The van der Waals surface area contributed by atoms with E-state index in [9.17, 15) is 0 Å². The molecule has 0 unspecified atom stereocenters. The smallest absolute Gasteiger partial charge is 0.166 e. The van der Waals surface area contributed by atoms with E-state index in [-0.39, 0.29) is 13.2 Å². The lowest BCUT2D eigenvalue weighted by atomic mass is 10.6. The van der Waals surface area contributed by atoms with Crippen LogP contribution in [0.15, 0.2) is 0 Å². The second kappa shape index (κ2) is 12.6. The summed E-state index contributed by atoms with van der Waals surface area (Å²) in [5.41, 5.74) is 0. The molecule has 0 aromatic carbocycles. The molecule has 6 nitrogen and oxygen atoms in total. The van der Waals surface area contributed by atoms with E-state index in [0.29, 0.717) is 44.6 Å². The first-order valence-corrected chi connectivity index (χ1v) is 5.61. The number of aliphatic hydroxyl groups excluding tert-OH is 2. The van der Waals surface area contributed by atoms with Gasteiger partial charge in [0.15, 0.2) is 5.11 Å². The van der Waals surface area contributed by atoms with Gasteiger partial charge in [0.1, 0.15) is 0 Å². The summed E-state index contributed by atoms with van der Waals surface area (Å²) in [6.07, 6.45) is 0. The Morgan fingerprint density at radius 1 is 0.875 bits per heavy atom. The molecule has 0 saturated heterocycles. The Balaban J connectivity index is 3.12. The third-order valence-corrected chi connectivity index (χ3v) is 1.82. The Bertz CT molecular complexity index is 156. The van der Waals surface area contributed by atoms with Gasteiger partial charge in [-0.15, -0.1) is 0 Å². The van der Waals surface area contributed by atoms with Crippen LogP contribution in [-0.2, 0) is 9.47 Å². The molecule has 4 N–H and O–H groups in total. The molecule has 0 aliphatic rings. The summed E-state index contributed by atoms with van der Waals surface area (Å²) >= 11 is 4.98. The Morgan fingerprint density at radius 3 is 1.69 bits per heavy atom. The molecule has 0 aromatic heterocycles. The van der Waals surface area contributed by atoms with Crippen molar-refractivity contribution in [2.24, 2.45) is 0 Å². The van der Waals surface area contributed by atoms with Crippen LogP contribution >= 0.6 is 12.2 Å². The van der Waals surface area contributed by atoms with E-state index in [0.717, 1.165) is 0 Å². The normalized spacial score (nSPS) is 10.1. The Morgan fingerprint density at radius 2 is 1.31 bits per heavy atom. The number of hydrogen-bond donors (Lipinski definition) is 4. The summed E-state index contributed by atoms with van der Waals surface area (Å²) < 4.78 is 10.1. The van der Waals surface area contributed by atoms with Crippen LogP contribution in [0.5, 0.6) is 0 Å². The fourth-order valence-electron chi connectivity index (χ4n) is 0.869. The minimum Gasteiger partial charge on any atom is -0.394 e. The SMILES string of the molecule is OCCOCCNC(=S)NCCOCCO. The molecule has 0 aliphatic carbocycles. The first-order chi connectivity index (χ1) is 7.81. The molecule has 96 valence electrons. The Hall–Kier alpha value is -0.470. The van der Waals surface area contributed by atoms with Crippen LogP contribution in [0, 0.1) is 0 Å². The predicted octanol–water partition coefficient (Wildman–Crippen LogP) is -1.53. The first-order valence-electron chi connectivity index (χ1n) is 5.20. The van der Waals surface area contributed by atoms with Crippen LogP contribution in [-0.4, -0.2) is 68.1 Å². The fourth-order valence-corrected chi connectivity index (χ4v) is 1.07. The van der Waals surface area contributed by atoms with Crippen molar-refractivity contribution in [1.29, 1.82) is 0 Å². The standard InChI is InChI=1S/C9H20N2O4S/c12-3-7-14-5-1-10-9(16)11-2-6-15-8-4-13/h12-13H,1-8H2,(H2,10,11,16). The summed E-state index contributed by atoms with van der Waals surface area (Å²) in [6, 6.07) is 0. The summed E-state index contributed by atoms with van der Waals surface area (Å²) in [6.45, 7) is 2.96. The molecular weight excluding hydrogens is 232 g/mol. The molecule has 0 fully saturated rings. The number of hydrogen-bond acceptors (Lipinski definition) is 5. The van der Waals surface area contributed by atoms with Crippen molar-refractivity contribution in [3.05, 3.63) is 0 Å². The van der Waals surface area contributed by atoms with Crippen molar-refractivity contribution in [2.45, 2.75) is 0 Å². The van der Waals surface area contributed by atoms with E-state index < -0.39 is 0 Å². The van der Waals surface area contributed by atoms with Crippen molar-refractivity contribution in [3.8, 4) is 0 Å². The maximum Gasteiger partial charge on any atom is 0.166 e. The molecule has 0 saturated carbocycles. The van der Waals surface area contributed by atoms with Crippen LogP contribution < -0.4 is 10.6 Å². The van der Waals surface area contributed by atoms with Gasteiger partial charge in [0, 0.05) is 13.1 Å². The van der Waals surface area contributed by atoms with Crippen molar-refractivity contribution in [1.82, 2.24) is 10.6 Å². The van der Waals surface area contributed by atoms with Crippen molar-refractivity contribution in [3.63, 3.8) is 0 Å². The van der Waals surface area contributed by atoms with E-state index >= 15 is 0 Å². The third kappa shape index (κ3) is 11.6. The molecule has 0 atom stereocenters. The summed E-state index contributed by atoms with van der Waals surface area (Å²) in [5, 5.41) is 23.3. The minimum absolute atomic E-state index is 0.0326. The van der Waals surface area contributed by atoms with Crippen LogP contribution in [0.4, 0.5) is 0 Å². The minimum atomic E-state index is 0.0326. The van der Waals surface area contributed by atoms with Gasteiger partial charge < -0.3 is 30.3 Å². The molecule has 0 bridgehead atoms. The van der Waals surface area contributed by atoms with Gasteiger partial charge in [0.05, 0.1) is 39.6 Å². The number of rotatable bonds is 10. The van der Waals surface area contributed by atoms with Crippen LogP contribution in [0.1, 0.15) is 0 Å². The largest absolute Gasteiger partial charge is 0.394 e. The molecule has 0 heterocycles. The predicted molar refractivity (Wildman–Crippen MR) is 64.4 cm³/mol. The van der Waals surface area contributed by atoms with Crippen molar-refractivity contribution in [2.75, 3.05) is 52.7 Å². The molecule has 0 radical (unpaired) electrons. The fraction of sp³-hybridized carbons (Fsp3) is 0.889. The molecular formula is C9H20N2O4S. The Labute approximate surface area is 101 Å². The molecule has 0 amide bonds. The first kappa shape index (κ1) is 15.5. The summed E-state index contributed by atoms with van der Waals surface area (Å²) in [7, 11) is 0. The van der Waals surface area contributed by atoms with Crippen LogP contribution in [0.25, 0.3) is 0 Å². The van der Waals surface area contributed by atoms with E-state index in [2.05, 4.69) is 10.6 Å². The maximum absolute atomic E-state index is 8.45. The van der Waals surface area contributed by atoms with Gasteiger partial charge in [-0.1, -0.05) is 0 Å². The van der Waals surface area contributed by atoms with Gasteiger partial charge in [-0.3, -0.25) is 0 Å². The van der Waals surface area contributed by atoms with E-state index in [1.54, 1.807) is 0 Å². The van der Waals surface area contributed by atoms with Crippen LogP contribution in [0.3, 0.4) is 0 Å². The molecule has 7 heteroatoms. The summed E-state index contributed by atoms with van der Waals surface area (Å²) in [4.78, 5) is 0. The summed E-state index contributed by atoms with van der Waals surface area (Å²) in [5.74, 6) is 0. The Kier molecular flexibility index (Phi) is 12.2. The van der Waals surface area contributed by atoms with Crippen molar-refractivity contribution < 1.29 is 19.7 Å². The molecule has 0 aromatic rings. The van der Waals surface area contributed by atoms with E-state index in [1.165, 1.54) is 0 Å². The zero-order valence-electron chi connectivity index (χ0n) is 9.28. The van der Waals surface area contributed by atoms with E-state index in [4.69, 9.17) is 31.9 Å². The van der Waals surface area contributed by atoms with Crippen molar-refractivity contribution >= 4 is 17.3 Å². The zero-order valence-corrected chi connectivity index (χ0v) is 10.1. The molecule has 0 rings (SSSR count). The van der Waals surface area contributed by atoms with Gasteiger partial charge in [-0.05, 0) is 12.2 Å². The molecule has 16 heavy (non-hydrogen) atoms. The van der Waals surface area contributed by atoms with Crippen LogP contribution in [0.2, 0.25) is 0 Å². The zero-order chi connectivity index (χ0) is 12.1. The third-order valence-electron chi connectivity index (χ3n) is 1.54. The second-order valence-corrected chi connectivity index (χ2v) is 3.26. The van der Waals surface area contributed by atoms with Gasteiger partial charge in [-0.2, -0.15) is 0 Å². The van der Waals surface area contributed by atoms with Gasteiger partial charge in [-0.25, -0.2) is 0 Å². The quantitative estimate of drug-likeness (QED) is 0.277. The maximum atomic E-state index is 8.45. The number of thiocarbonyl (C=S) groups is 1. The lowest BCUT2D eigenvalue weighted by molar-refractivity contribution is 0.0945. The number of aliphatic hydroxyl groups is 2. The molecule has 0 aliphatic heterocycles. The average molecular weight is 252 g/mol. The highest BCUT2D eigenvalue weighted by Crippen LogP contribution is 1.75. The monoisotopic (exact) mass is 252 g/mol. The van der Waals surface area contributed by atoms with E-state index in [1.807, 2.05) is 0 Å². The highest BCUT2D eigenvalue weighted by atomic mass is 32.1. The van der Waals surface area contributed by atoms with Gasteiger partial charge in [0.25, 0.3) is 0 Å². The van der Waals surface area contributed by atoms with Gasteiger partial charge in [0.2, 0.25) is 0 Å². The molecule has 0 spiro atoms.